The van der Waals surface area contributed by atoms with Crippen molar-refractivity contribution in [3.05, 3.63) is 70.8 Å². The van der Waals surface area contributed by atoms with Gasteiger partial charge in [0.25, 0.3) is 0 Å². The van der Waals surface area contributed by atoms with Crippen molar-refractivity contribution in [3.8, 4) is 0 Å². The predicted octanol–water partition coefficient (Wildman–Crippen LogP) is 3.32. The summed E-state index contributed by atoms with van der Waals surface area (Å²) in [5.74, 6) is 0.444. The van der Waals surface area contributed by atoms with Gasteiger partial charge in [0.15, 0.2) is 0 Å². The molecule has 0 saturated carbocycles. The van der Waals surface area contributed by atoms with E-state index in [2.05, 4.69) is 48.5 Å². The van der Waals surface area contributed by atoms with E-state index < -0.39 is 0 Å². The molecule has 1 aliphatic heterocycles. The van der Waals surface area contributed by atoms with Gasteiger partial charge >= 0.3 is 0 Å². The van der Waals surface area contributed by atoms with E-state index in [9.17, 15) is 0 Å². The Morgan fingerprint density at radius 3 is 1.78 bits per heavy atom. The fourth-order valence-electron chi connectivity index (χ4n) is 3.22. The highest BCUT2D eigenvalue weighted by molar-refractivity contribution is 5.46. The number of hydrogen-bond acceptors (Lipinski definition) is 1. The molecule has 0 bridgehead atoms. The van der Waals surface area contributed by atoms with Crippen LogP contribution in [0.2, 0.25) is 0 Å². The molecule has 2 aromatic rings. The van der Waals surface area contributed by atoms with E-state index >= 15 is 0 Å². The van der Waals surface area contributed by atoms with Crippen molar-refractivity contribution in [2.24, 2.45) is 0 Å². The second-order valence-corrected chi connectivity index (χ2v) is 5.25. The zero-order valence-corrected chi connectivity index (χ0v) is 10.3. The van der Waals surface area contributed by atoms with Gasteiger partial charge in [0.2, 0.25) is 0 Å². The molecule has 1 heteroatoms. The highest BCUT2D eigenvalue weighted by Gasteiger charge is 2.37. The monoisotopic (exact) mass is 236 g/mol. The highest BCUT2D eigenvalue weighted by Crippen LogP contribution is 2.41. The molecule has 0 N–H and O–H groups in total. The summed E-state index contributed by atoms with van der Waals surface area (Å²) in [6.45, 7) is 0.910. The molecule has 0 aromatic heterocycles. The molecule has 0 amide bonds. The van der Waals surface area contributed by atoms with Gasteiger partial charge in [0.05, 0.1) is 12.7 Å². The van der Waals surface area contributed by atoms with Crippen LogP contribution >= 0.6 is 0 Å². The van der Waals surface area contributed by atoms with Gasteiger partial charge < -0.3 is 4.74 Å². The summed E-state index contributed by atoms with van der Waals surface area (Å²) < 4.78 is 5.62. The molecule has 90 valence electrons. The third-order valence-corrected chi connectivity index (χ3v) is 4.17. The zero-order chi connectivity index (χ0) is 11.9. The minimum atomic E-state index is 0.394. The lowest BCUT2D eigenvalue weighted by Crippen LogP contribution is -2.10. The second-order valence-electron chi connectivity index (χ2n) is 5.25. The normalized spacial score (nSPS) is 21.9. The van der Waals surface area contributed by atoms with Crippen LogP contribution in [-0.4, -0.2) is 12.7 Å². The van der Waals surface area contributed by atoms with E-state index in [1.54, 1.807) is 0 Å². The number of rotatable bonds is 1. The first kappa shape index (κ1) is 10.3. The summed E-state index contributed by atoms with van der Waals surface area (Å²) in [4.78, 5) is 0. The van der Waals surface area contributed by atoms with Crippen LogP contribution in [0.15, 0.2) is 48.5 Å². The number of benzene rings is 2. The van der Waals surface area contributed by atoms with Gasteiger partial charge in [-0.1, -0.05) is 48.5 Å². The van der Waals surface area contributed by atoms with Crippen molar-refractivity contribution in [2.45, 2.75) is 24.9 Å². The molecule has 0 radical (unpaired) electrons. The minimum absolute atomic E-state index is 0.394. The van der Waals surface area contributed by atoms with E-state index in [0.717, 1.165) is 19.4 Å². The fraction of sp³-hybridized carbons (Fsp3) is 0.294. The third kappa shape index (κ3) is 1.58. The first-order valence-electron chi connectivity index (χ1n) is 6.71. The van der Waals surface area contributed by atoms with Crippen LogP contribution in [0.5, 0.6) is 0 Å². The summed E-state index contributed by atoms with van der Waals surface area (Å²) in [6, 6.07) is 17.7. The fourth-order valence-corrected chi connectivity index (χ4v) is 3.22. The lowest BCUT2D eigenvalue weighted by Gasteiger charge is -2.18. The summed E-state index contributed by atoms with van der Waals surface area (Å²) in [7, 11) is 0. The van der Waals surface area contributed by atoms with Gasteiger partial charge in [-0.05, 0) is 35.1 Å². The molecule has 1 atom stereocenters. The lowest BCUT2D eigenvalue weighted by atomic mass is 9.86. The summed E-state index contributed by atoms with van der Waals surface area (Å²) in [5.41, 5.74) is 5.94. The van der Waals surface area contributed by atoms with Crippen LogP contribution in [0.3, 0.4) is 0 Å². The largest absolute Gasteiger partial charge is 0.372 e. The van der Waals surface area contributed by atoms with E-state index in [1.165, 1.54) is 22.3 Å². The van der Waals surface area contributed by atoms with E-state index in [4.69, 9.17) is 4.74 Å². The summed E-state index contributed by atoms with van der Waals surface area (Å²) >= 11 is 0. The van der Waals surface area contributed by atoms with E-state index in [0.29, 0.717) is 12.0 Å². The molecular formula is C17H16O. The number of epoxide rings is 1. The Morgan fingerprint density at radius 1 is 0.778 bits per heavy atom. The molecule has 1 nitrogen and oxygen atoms in total. The molecule has 2 aliphatic rings. The van der Waals surface area contributed by atoms with Gasteiger partial charge in [-0.3, -0.25) is 0 Å². The average Bonchev–Trinajstić information content (AvgIpc) is 3.23. The van der Waals surface area contributed by atoms with E-state index in [1.807, 2.05) is 0 Å². The predicted molar refractivity (Wildman–Crippen MR) is 71.9 cm³/mol. The van der Waals surface area contributed by atoms with Crippen LogP contribution in [0.1, 0.15) is 28.2 Å². The number of aryl methyl sites for hydroxylation is 2. The number of hydrogen-bond donors (Lipinski definition) is 0. The molecule has 1 heterocycles. The highest BCUT2D eigenvalue weighted by atomic mass is 16.6. The van der Waals surface area contributed by atoms with Crippen LogP contribution < -0.4 is 0 Å². The summed E-state index contributed by atoms with van der Waals surface area (Å²) in [5, 5.41) is 0. The van der Waals surface area contributed by atoms with Crippen LogP contribution in [0, 0.1) is 0 Å². The van der Waals surface area contributed by atoms with Crippen molar-refractivity contribution < 1.29 is 4.74 Å². The molecular weight excluding hydrogens is 220 g/mol. The van der Waals surface area contributed by atoms with Gasteiger partial charge in [0, 0.05) is 5.92 Å². The standard InChI is InChI=1S/C17H16O/c1-3-7-14-12(5-1)9-10-13-6-2-4-8-15(13)17(14)16-11-18-16/h1-8,16-17H,9-11H2/t16-/m0/s1. The first-order valence-corrected chi connectivity index (χ1v) is 6.71. The molecule has 0 unspecified atom stereocenters. The van der Waals surface area contributed by atoms with Gasteiger partial charge in [-0.15, -0.1) is 0 Å². The van der Waals surface area contributed by atoms with Crippen molar-refractivity contribution in [1.82, 2.24) is 0 Å². The quantitative estimate of drug-likeness (QED) is 0.692. The Labute approximate surface area is 107 Å². The minimum Gasteiger partial charge on any atom is -0.372 e. The third-order valence-electron chi connectivity index (χ3n) is 4.17. The summed E-state index contributed by atoms with van der Waals surface area (Å²) in [6.07, 6.45) is 2.69. The number of ether oxygens (including phenoxy) is 1. The molecule has 0 spiro atoms. The van der Waals surface area contributed by atoms with Crippen molar-refractivity contribution in [3.63, 3.8) is 0 Å². The molecule has 1 saturated heterocycles. The molecule has 18 heavy (non-hydrogen) atoms. The van der Waals surface area contributed by atoms with Gasteiger partial charge in [-0.2, -0.15) is 0 Å². The topological polar surface area (TPSA) is 12.5 Å². The molecule has 2 aromatic carbocycles. The second kappa shape index (κ2) is 3.96. The van der Waals surface area contributed by atoms with Gasteiger partial charge in [0.1, 0.15) is 0 Å². The Kier molecular flexibility index (Phi) is 2.27. The molecule has 1 fully saturated rings. The Bertz CT molecular complexity index is 536. The van der Waals surface area contributed by atoms with Crippen molar-refractivity contribution >= 4 is 0 Å². The smallest absolute Gasteiger partial charge is 0.0918 e. The van der Waals surface area contributed by atoms with E-state index in [-0.39, 0.29) is 0 Å². The zero-order valence-electron chi connectivity index (χ0n) is 10.3. The Morgan fingerprint density at radius 2 is 1.28 bits per heavy atom. The maximum atomic E-state index is 5.62. The average molecular weight is 236 g/mol. The first-order chi connectivity index (χ1) is 8.93. The Balaban J connectivity index is 1.93. The van der Waals surface area contributed by atoms with Crippen LogP contribution in [-0.2, 0) is 17.6 Å². The number of fused-ring (bicyclic) bond motifs is 2. The van der Waals surface area contributed by atoms with Gasteiger partial charge in [-0.25, -0.2) is 0 Å². The lowest BCUT2D eigenvalue weighted by molar-refractivity contribution is 0.389. The Hall–Kier alpha value is -1.60. The maximum Gasteiger partial charge on any atom is 0.0918 e. The van der Waals surface area contributed by atoms with Crippen molar-refractivity contribution in [1.29, 1.82) is 0 Å². The van der Waals surface area contributed by atoms with Crippen molar-refractivity contribution in [2.75, 3.05) is 6.61 Å². The maximum absolute atomic E-state index is 5.62. The molecule has 4 rings (SSSR count). The van der Waals surface area contributed by atoms with Crippen LogP contribution in [0.4, 0.5) is 0 Å². The molecule has 1 aliphatic carbocycles. The SMILES string of the molecule is c1ccc2c(c1)CCc1ccccc1C2[C@@H]1CO1. The van der Waals surface area contributed by atoms with Crippen LogP contribution in [0.25, 0.3) is 0 Å².